The van der Waals surface area contributed by atoms with Crippen LogP contribution in [0, 0.1) is 6.92 Å². The van der Waals surface area contributed by atoms with Gasteiger partial charge in [0.1, 0.15) is 5.75 Å². The molecule has 0 atom stereocenters. The fraction of sp³-hybridized carbons (Fsp3) is 0.227. The van der Waals surface area contributed by atoms with E-state index in [1.54, 1.807) is 7.11 Å². The van der Waals surface area contributed by atoms with Gasteiger partial charge in [-0.15, -0.1) is 0 Å². The van der Waals surface area contributed by atoms with Crippen molar-refractivity contribution >= 4 is 22.4 Å². The van der Waals surface area contributed by atoms with Gasteiger partial charge in [-0.2, -0.15) is 0 Å². The highest BCUT2D eigenvalue weighted by Gasteiger charge is 2.11. The van der Waals surface area contributed by atoms with Crippen molar-refractivity contribution in [1.82, 2.24) is 4.90 Å². The van der Waals surface area contributed by atoms with Crippen LogP contribution < -0.4 is 10.1 Å². The van der Waals surface area contributed by atoms with Gasteiger partial charge in [0.2, 0.25) is 5.91 Å². The lowest BCUT2D eigenvalue weighted by atomic mass is 10.1. The van der Waals surface area contributed by atoms with Crippen molar-refractivity contribution in [3.63, 3.8) is 0 Å². The molecule has 0 fully saturated rings. The number of methoxy groups -OCH3 is 1. The number of anilines is 1. The van der Waals surface area contributed by atoms with Gasteiger partial charge in [-0.25, -0.2) is 0 Å². The number of nitrogens with zero attached hydrogens (tertiary/aromatic N) is 1. The molecule has 4 heteroatoms. The molecular formula is C22H24N2O2. The molecule has 134 valence electrons. The zero-order valence-corrected chi connectivity index (χ0v) is 15.5. The molecule has 0 bridgehead atoms. The molecular weight excluding hydrogens is 324 g/mol. The van der Waals surface area contributed by atoms with E-state index >= 15 is 0 Å². The van der Waals surface area contributed by atoms with Crippen LogP contribution in [-0.2, 0) is 11.3 Å². The lowest BCUT2D eigenvalue weighted by Gasteiger charge is -2.19. The smallest absolute Gasteiger partial charge is 0.238 e. The van der Waals surface area contributed by atoms with Crippen molar-refractivity contribution in [3.8, 4) is 5.75 Å². The monoisotopic (exact) mass is 348 g/mol. The summed E-state index contributed by atoms with van der Waals surface area (Å²) in [6.07, 6.45) is 0. The molecule has 0 aromatic heterocycles. The van der Waals surface area contributed by atoms with Crippen molar-refractivity contribution in [2.24, 2.45) is 0 Å². The minimum absolute atomic E-state index is 0.0320. The van der Waals surface area contributed by atoms with E-state index in [1.165, 1.54) is 5.56 Å². The third-order valence-corrected chi connectivity index (χ3v) is 4.35. The number of benzene rings is 3. The van der Waals surface area contributed by atoms with Crippen LogP contribution in [0.3, 0.4) is 0 Å². The Balaban J connectivity index is 1.67. The van der Waals surface area contributed by atoms with Gasteiger partial charge in [0.05, 0.1) is 13.7 Å². The molecule has 3 aromatic rings. The molecule has 1 N–H and O–H groups in total. The molecule has 0 spiro atoms. The Labute approximate surface area is 154 Å². The van der Waals surface area contributed by atoms with Crippen LogP contribution in [0.5, 0.6) is 5.75 Å². The first-order valence-corrected chi connectivity index (χ1v) is 8.66. The number of likely N-dealkylation sites (N-methyl/N-ethyl adjacent to an activating group) is 1. The van der Waals surface area contributed by atoms with Crippen LogP contribution in [-0.4, -0.2) is 31.5 Å². The quantitative estimate of drug-likeness (QED) is 0.725. The number of rotatable bonds is 6. The zero-order valence-electron chi connectivity index (χ0n) is 15.5. The Hall–Kier alpha value is -2.85. The van der Waals surface area contributed by atoms with Crippen molar-refractivity contribution < 1.29 is 9.53 Å². The van der Waals surface area contributed by atoms with Gasteiger partial charge < -0.3 is 10.1 Å². The number of carbonyl (C=O) groups excluding carboxylic acids is 1. The first kappa shape index (κ1) is 18.0. The van der Waals surface area contributed by atoms with Crippen LogP contribution in [0.2, 0.25) is 0 Å². The minimum Gasteiger partial charge on any atom is -0.496 e. The summed E-state index contributed by atoms with van der Waals surface area (Å²) in [4.78, 5) is 14.5. The number of amides is 1. The van der Waals surface area contributed by atoms with E-state index in [9.17, 15) is 4.79 Å². The number of fused-ring (bicyclic) bond motifs is 1. The summed E-state index contributed by atoms with van der Waals surface area (Å²) in [6.45, 7) is 3.00. The van der Waals surface area contributed by atoms with Crippen molar-refractivity contribution in [2.75, 3.05) is 26.0 Å². The number of aryl methyl sites for hydroxylation is 1. The standard InChI is InChI=1S/C22H24N2O2/c1-16-11-12-21(26-3)18(13-16)14-24(2)15-22(25)23-20-10-6-8-17-7-4-5-9-19(17)20/h4-13H,14-15H2,1-3H3,(H,23,25). The third-order valence-electron chi connectivity index (χ3n) is 4.35. The SMILES string of the molecule is COc1ccc(C)cc1CN(C)CC(=O)Nc1cccc2ccccc12. The Morgan fingerprint density at radius 3 is 2.65 bits per heavy atom. The first-order chi connectivity index (χ1) is 12.6. The summed E-state index contributed by atoms with van der Waals surface area (Å²) in [6, 6.07) is 20.1. The molecule has 0 heterocycles. The Kier molecular flexibility index (Phi) is 5.54. The summed E-state index contributed by atoms with van der Waals surface area (Å²) < 4.78 is 5.42. The Bertz CT molecular complexity index is 916. The summed E-state index contributed by atoms with van der Waals surface area (Å²) in [7, 11) is 3.60. The van der Waals surface area contributed by atoms with E-state index in [1.807, 2.05) is 66.5 Å². The molecule has 4 nitrogen and oxygen atoms in total. The maximum Gasteiger partial charge on any atom is 0.238 e. The number of carbonyl (C=O) groups is 1. The number of nitrogens with one attached hydrogen (secondary N) is 1. The fourth-order valence-corrected chi connectivity index (χ4v) is 3.15. The summed E-state index contributed by atoms with van der Waals surface area (Å²) in [5.41, 5.74) is 3.09. The van der Waals surface area contributed by atoms with Crippen LogP contribution in [0.15, 0.2) is 60.7 Å². The topological polar surface area (TPSA) is 41.6 Å². The second-order valence-electron chi connectivity index (χ2n) is 6.56. The largest absolute Gasteiger partial charge is 0.496 e. The summed E-state index contributed by atoms with van der Waals surface area (Å²) in [5.74, 6) is 0.812. The summed E-state index contributed by atoms with van der Waals surface area (Å²) >= 11 is 0. The predicted octanol–water partition coefficient (Wildman–Crippen LogP) is 4.23. The van der Waals surface area contributed by atoms with E-state index in [2.05, 4.69) is 18.3 Å². The second-order valence-corrected chi connectivity index (χ2v) is 6.56. The van der Waals surface area contributed by atoms with Gasteiger partial charge in [-0.3, -0.25) is 9.69 Å². The van der Waals surface area contributed by atoms with Gasteiger partial charge >= 0.3 is 0 Å². The molecule has 0 aliphatic carbocycles. The highest BCUT2D eigenvalue weighted by atomic mass is 16.5. The maximum atomic E-state index is 12.5. The molecule has 0 unspecified atom stereocenters. The van der Waals surface area contributed by atoms with Gasteiger partial charge in [0, 0.05) is 23.2 Å². The highest BCUT2D eigenvalue weighted by Crippen LogP contribution is 2.23. The average molecular weight is 348 g/mol. The number of hydrogen-bond donors (Lipinski definition) is 1. The highest BCUT2D eigenvalue weighted by molar-refractivity contribution is 6.02. The van der Waals surface area contributed by atoms with E-state index in [4.69, 9.17) is 4.74 Å². The van der Waals surface area contributed by atoms with E-state index in [-0.39, 0.29) is 5.91 Å². The normalized spacial score (nSPS) is 10.9. The third kappa shape index (κ3) is 4.21. The van der Waals surface area contributed by atoms with Gasteiger partial charge in [-0.1, -0.05) is 54.1 Å². The Morgan fingerprint density at radius 2 is 1.85 bits per heavy atom. The maximum absolute atomic E-state index is 12.5. The average Bonchev–Trinajstić information content (AvgIpc) is 2.62. The molecule has 0 saturated heterocycles. The minimum atomic E-state index is -0.0320. The van der Waals surface area contributed by atoms with Crippen LogP contribution in [0.25, 0.3) is 10.8 Å². The molecule has 0 aliphatic rings. The molecule has 1 amide bonds. The molecule has 3 aromatic carbocycles. The lowest BCUT2D eigenvalue weighted by molar-refractivity contribution is -0.117. The fourth-order valence-electron chi connectivity index (χ4n) is 3.15. The summed E-state index contributed by atoms with van der Waals surface area (Å²) in [5, 5.41) is 5.19. The van der Waals surface area contributed by atoms with Gasteiger partial charge in [0.15, 0.2) is 0 Å². The van der Waals surface area contributed by atoms with E-state index in [0.717, 1.165) is 27.8 Å². The van der Waals surface area contributed by atoms with E-state index in [0.29, 0.717) is 13.1 Å². The van der Waals surface area contributed by atoms with Crippen molar-refractivity contribution in [2.45, 2.75) is 13.5 Å². The molecule has 0 aliphatic heterocycles. The van der Waals surface area contributed by atoms with Crippen LogP contribution >= 0.6 is 0 Å². The number of ether oxygens (including phenoxy) is 1. The van der Waals surface area contributed by atoms with Crippen LogP contribution in [0.4, 0.5) is 5.69 Å². The first-order valence-electron chi connectivity index (χ1n) is 8.66. The lowest BCUT2D eigenvalue weighted by Crippen LogP contribution is -2.30. The van der Waals surface area contributed by atoms with Gasteiger partial charge in [0.25, 0.3) is 0 Å². The molecule has 26 heavy (non-hydrogen) atoms. The number of hydrogen-bond acceptors (Lipinski definition) is 3. The van der Waals surface area contributed by atoms with Crippen LogP contribution in [0.1, 0.15) is 11.1 Å². The van der Waals surface area contributed by atoms with Crippen molar-refractivity contribution in [1.29, 1.82) is 0 Å². The predicted molar refractivity (Wildman–Crippen MR) is 107 cm³/mol. The zero-order chi connectivity index (χ0) is 18.5. The van der Waals surface area contributed by atoms with Gasteiger partial charge in [-0.05, 0) is 31.5 Å². The Morgan fingerprint density at radius 1 is 1.08 bits per heavy atom. The van der Waals surface area contributed by atoms with E-state index < -0.39 is 0 Å². The molecule has 0 saturated carbocycles. The molecule has 3 rings (SSSR count). The molecule has 0 radical (unpaired) electrons. The van der Waals surface area contributed by atoms with Crippen molar-refractivity contribution in [3.05, 3.63) is 71.8 Å². The second kappa shape index (κ2) is 8.02.